The van der Waals surface area contributed by atoms with Gasteiger partial charge in [-0.25, -0.2) is 0 Å². The third-order valence-electron chi connectivity index (χ3n) is 4.21. The van der Waals surface area contributed by atoms with Crippen molar-refractivity contribution in [2.75, 3.05) is 0 Å². The van der Waals surface area contributed by atoms with E-state index in [9.17, 15) is 9.59 Å². The van der Waals surface area contributed by atoms with Gasteiger partial charge < -0.3 is 9.47 Å². The van der Waals surface area contributed by atoms with Gasteiger partial charge in [0.2, 0.25) is 0 Å². The molecule has 4 heteroatoms. The Hall–Kier alpha value is -2.88. The van der Waals surface area contributed by atoms with E-state index in [0.29, 0.717) is 12.0 Å². The van der Waals surface area contributed by atoms with Crippen LogP contribution >= 0.6 is 0 Å². The molecule has 0 aromatic heterocycles. The number of carbonyl (C=O) groups excluding carboxylic acids is 2. The monoisotopic (exact) mass is 380 g/mol. The van der Waals surface area contributed by atoms with Gasteiger partial charge in [0.15, 0.2) is 0 Å². The van der Waals surface area contributed by atoms with Crippen LogP contribution in [-0.2, 0) is 30.9 Å². The van der Waals surface area contributed by atoms with Gasteiger partial charge >= 0.3 is 11.9 Å². The summed E-state index contributed by atoms with van der Waals surface area (Å²) in [5.41, 5.74) is 3.83. The van der Waals surface area contributed by atoms with Crippen molar-refractivity contribution in [3.63, 3.8) is 0 Å². The van der Waals surface area contributed by atoms with Crippen LogP contribution in [0.15, 0.2) is 60.2 Å². The average molecular weight is 380 g/mol. The summed E-state index contributed by atoms with van der Waals surface area (Å²) in [6, 6.07) is 17.9. The molecule has 0 amide bonds. The average Bonchev–Trinajstić information content (AvgIpc) is 2.60. The van der Waals surface area contributed by atoms with Crippen LogP contribution in [0, 0.1) is 0 Å². The zero-order valence-corrected chi connectivity index (χ0v) is 17.2. The highest BCUT2D eigenvalue weighted by molar-refractivity contribution is 5.70. The van der Waals surface area contributed by atoms with Gasteiger partial charge in [0.1, 0.15) is 0 Å². The van der Waals surface area contributed by atoms with Gasteiger partial charge in [-0.15, -0.1) is 0 Å². The number of rotatable bonds is 6. The zero-order chi connectivity index (χ0) is 20.7. The number of hydrogen-bond donors (Lipinski definition) is 0. The predicted octanol–water partition coefficient (Wildman–Crippen LogP) is 5.06. The smallest absolute Gasteiger partial charge is 0.305 e. The van der Waals surface area contributed by atoms with Gasteiger partial charge in [-0.3, -0.25) is 9.59 Å². The van der Waals surface area contributed by atoms with Crippen molar-refractivity contribution in [3.8, 4) is 0 Å². The minimum Gasteiger partial charge on any atom is -0.421 e. The molecule has 0 N–H and O–H groups in total. The maximum atomic E-state index is 11.6. The van der Waals surface area contributed by atoms with Gasteiger partial charge in [-0.1, -0.05) is 75.4 Å². The first-order chi connectivity index (χ1) is 13.2. The second-order valence-corrected chi connectivity index (χ2v) is 7.77. The maximum absolute atomic E-state index is 11.6. The van der Waals surface area contributed by atoms with Crippen LogP contribution in [-0.4, -0.2) is 18.2 Å². The summed E-state index contributed by atoms with van der Waals surface area (Å²) in [5, 5.41) is 0. The molecule has 0 spiro atoms. The van der Waals surface area contributed by atoms with Crippen LogP contribution in [0.4, 0.5) is 0 Å². The zero-order valence-electron chi connectivity index (χ0n) is 17.2. The highest BCUT2D eigenvalue weighted by atomic mass is 16.7. The van der Waals surface area contributed by atoms with Gasteiger partial charge in [-0.05, 0) is 28.2 Å². The molecule has 2 rings (SSSR count). The Labute approximate surface area is 167 Å². The Bertz CT molecular complexity index is 828. The molecule has 148 valence electrons. The van der Waals surface area contributed by atoms with E-state index in [1.54, 1.807) is 0 Å². The minimum absolute atomic E-state index is 0.0662. The summed E-state index contributed by atoms with van der Waals surface area (Å²) >= 11 is 0. The topological polar surface area (TPSA) is 52.6 Å². The third-order valence-corrected chi connectivity index (χ3v) is 4.21. The summed E-state index contributed by atoms with van der Waals surface area (Å²) in [6.07, 6.45) is 1.39. The Morgan fingerprint density at radius 2 is 1.43 bits per heavy atom. The Balaban J connectivity index is 2.55. The fourth-order valence-electron chi connectivity index (χ4n) is 3.02. The van der Waals surface area contributed by atoms with Crippen LogP contribution in [0.2, 0.25) is 0 Å². The molecule has 0 saturated heterocycles. The number of benzene rings is 2. The molecule has 0 atom stereocenters. The molecule has 0 unspecified atom stereocenters. The third kappa shape index (κ3) is 6.38. The van der Waals surface area contributed by atoms with Crippen LogP contribution in [0.1, 0.15) is 51.3 Å². The van der Waals surface area contributed by atoms with Crippen LogP contribution in [0.3, 0.4) is 0 Å². The summed E-state index contributed by atoms with van der Waals surface area (Å²) in [7, 11) is 0. The fourth-order valence-corrected chi connectivity index (χ4v) is 3.02. The maximum Gasteiger partial charge on any atom is 0.305 e. The number of ether oxygens (including phenoxy) is 2. The van der Waals surface area contributed by atoms with Crippen molar-refractivity contribution < 1.29 is 19.1 Å². The van der Waals surface area contributed by atoms with E-state index in [4.69, 9.17) is 9.47 Å². The van der Waals surface area contributed by atoms with Gasteiger partial charge in [0.25, 0.3) is 6.29 Å². The van der Waals surface area contributed by atoms with Crippen molar-refractivity contribution >= 4 is 18.0 Å². The van der Waals surface area contributed by atoms with Crippen molar-refractivity contribution in [2.24, 2.45) is 0 Å². The lowest BCUT2D eigenvalue weighted by molar-refractivity contribution is -0.178. The van der Waals surface area contributed by atoms with E-state index >= 15 is 0 Å². The molecule has 0 aliphatic rings. The number of carbonyl (C=O) groups is 2. The molecule has 2 aromatic rings. The predicted molar refractivity (Wildman–Crippen MR) is 111 cm³/mol. The highest BCUT2D eigenvalue weighted by Crippen LogP contribution is 2.29. The quantitative estimate of drug-likeness (QED) is 0.519. The van der Waals surface area contributed by atoms with E-state index in [1.807, 2.05) is 54.6 Å². The summed E-state index contributed by atoms with van der Waals surface area (Å²) in [5.74, 6) is -1.01. The van der Waals surface area contributed by atoms with E-state index in [2.05, 4.69) is 26.8 Å². The molecule has 4 nitrogen and oxygen atoms in total. The molecule has 0 radical (unpaired) electrons. The molecule has 0 saturated carbocycles. The first kappa shape index (κ1) is 21.4. The summed E-state index contributed by atoms with van der Waals surface area (Å²) < 4.78 is 10.7. The molecule has 0 bridgehead atoms. The minimum atomic E-state index is -1.07. The van der Waals surface area contributed by atoms with E-state index in [-0.39, 0.29) is 5.41 Å². The molecule has 2 aromatic carbocycles. The second-order valence-electron chi connectivity index (χ2n) is 7.77. The Morgan fingerprint density at radius 1 is 0.893 bits per heavy atom. The fraction of sp³-hybridized carbons (Fsp3) is 0.333. The standard InChI is InChI=1S/C24H28O4/c1-17(25)27-23(28-18(2)26)21(15-19-11-7-6-8-12-19)16-20-13-9-10-14-22(20)24(3,4)5/h6-14,16,23H,15H2,1-5H3. The van der Waals surface area contributed by atoms with Crippen molar-refractivity contribution in [1.82, 2.24) is 0 Å². The summed E-state index contributed by atoms with van der Waals surface area (Å²) in [4.78, 5) is 23.3. The first-order valence-electron chi connectivity index (χ1n) is 9.35. The Kier molecular flexibility index (Phi) is 7.16. The number of esters is 2. The van der Waals surface area contributed by atoms with Crippen molar-refractivity contribution in [2.45, 2.75) is 52.7 Å². The molecular formula is C24H28O4. The largest absolute Gasteiger partial charge is 0.421 e. The molecule has 28 heavy (non-hydrogen) atoms. The van der Waals surface area contributed by atoms with E-state index in [0.717, 1.165) is 16.7 Å². The molecule has 0 heterocycles. The molecular weight excluding hydrogens is 352 g/mol. The van der Waals surface area contributed by atoms with Crippen LogP contribution in [0.25, 0.3) is 6.08 Å². The van der Waals surface area contributed by atoms with E-state index in [1.165, 1.54) is 13.8 Å². The first-order valence-corrected chi connectivity index (χ1v) is 9.35. The van der Waals surface area contributed by atoms with Crippen LogP contribution in [0.5, 0.6) is 0 Å². The molecule has 0 aliphatic heterocycles. The summed E-state index contributed by atoms with van der Waals surface area (Å²) in [6.45, 7) is 9.05. The van der Waals surface area contributed by atoms with E-state index < -0.39 is 18.2 Å². The lowest BCUT2D eigenvalue weighted by Gasteiger charge is -2.24. The van der Waals surface area contributed by atoms with Gasteiger partial charge in [0.05, 0.1) is 0 Å². The lowest BCUT2D eigenvalue weighted by Crippen LogP contribution is -2.26. The second kappa shape index (κ2) is 9.36. The SMILES string of the molecule is CC(=O)OC(OC(C)=O)C(=Cc1ccccc1C(C)(C)C)Cc1ccccc1. The molecule has 0 aliphatic carbocycles. The Morgan fingerprint density at radius 3 is 1.96 bits per heavy atom. The number of hydrogen-bond acceptors (Lipinski definition) is 4. The van der Waals surface area contributed by atoms with Crippen LogP contribution < -0.4 is 0 Å². The van der Waals surface area contributed by atoms with Gasteiger partial charge in [0, 0.05) is 25.8 Å². The normalized spacial score (nSPS) is 12.0. The lowest BCUT2D eigenvalue weighted by atomic mass is 9.83. The van der Waals surface area contributed by atoms with Gasteiger partial charge in [-0.2, -0.15) is 0 Å². The van der Waals surface area contributed by atoms with Crippen molar-refractivity contribution in [3.05, 3.63) is 76.9 Å². The molecule has 0 fully saturated rings. The highest BCUT2D eigenvalue weighted by Gasteiger charge is 2.23. The van der Waals surface area contributed by atoms with Crippen molar-refractivity contribution in [1.29, 1.82) is 0 Å².